The zero-order valence-electron chi connectivity index (χ0n) is 21.4. The van der Waals surface area contributed by atoms with Gasteiger partial charge in [-0.15, -0.1) is 0 Å². The summed E-state index contributed by atoms with van der Waals surface area (Å²) in [5, 5.41) is 4.07. The van der Waals surface area contributed by atoms with Crippen molar-refractivity contribution >= 4 is 17.5 Å². The number of carbonyl (C=O) groups is 1. The van der Waals surface area contributed by atoms with Gasteiger partial charge in [-0.05, 0) is 67.7 Å². The second kappa shape index (κ2) is 11.0. The molecule has 1 aromatic heterocycles. The Hall–Kier alpha value is -2.90. The van der Waals surface area contributed by atoms with Crippen LogP contribution in [0.2, 0.25) is 0 Å². The van der Waals surface area contributed by atoms with Crippen molar-refractivity contribution in [1.82, 2.24) is 15.0 Å². The first-order valence-electron chi connectivity index (χ1n) is 13.4. The molecule has 2 saturated heterocycles. The minimum absolute atomic E-state index is 0.00911. The topological polar surface area (TPSA) is 71.7 Å². The van der Waals surface area contributed by atoms with Gasteiger partial charge in [-0.2, -0.15) is 4.98 Å². The number of carbonyl (C=O) groups excluding carboxylic acids is 1. The fourth-order valence-electron chi connectivity index (χ4n) is 5.36. The number of likely N-dealkylation sites (tertiary alicyclic amines) is 1. The van der Waals surface area contributed by atoms with Crippen LogP contribution in [0.25, 0.3) is 5.57 Å². The molecule has 0 N–H and O–H groups in total. The molecule has 0 saturated carbocycles. The van der Waals surface area contributed by atoms with E-state index in [2.05, 4.69) is 47.1 Å². The van der Waals surface area contributed by atoms with E-state index in [1.807, 2.05) is 12.1 Å². The van der Waals surface area contributed by atoms with Crippen LogP contribution in [-0.4, -0.2) is 59.9 Å². The molecule has 36 heavy (non-hydrogen) atoms. The molecule has 8 heteroatoms. The highest BCUT2D eigenvalue weighted by Gasteiger charge is 2.31. The number of rotatable bonds is 7. The average Bonchev–Trinajstić information content (AvgIpc) is 3.58. The number of piperidine rings is 1. The summed E-state index contributed by atoms with van der Waals surface area (Å²) in [7, 11) is 0. The highest BCUT2D eigenvalue weighted by atomic mass is 19.1. The summed E-state index contributed by atoms with van der Waals surface area (Å²) in [4.78, 5) is 21.0. The largest absolute Gasteiger partial charge is 0.493 e. The number of alkyl halides is 1. The van der Waals surface area contributed by atoms with Crippen molar-refractivity contribution in [3.05, 3.63) is 41.7 Å². The molecule has 2 fully saturated rings. The number of hydrogen-bond donors (Lipinski definition) is 0. The molecule has 1 aliphatic carbocycles. The Balaban J connectivity index is 1.06. The van der Waals surface area contributed by atoms with Gasteiger partial charge in [-0.3, -0.25) is 4.79 Å². The fraction of sp³-hybridized carbons (Fsp3) is 0.607. The first-order chi connectivity index (χ1) is 17.5. The van der Waals surface area contributed by atoms with E-state index >= 15 is 0 Å². The summed E-state index contributed by atoms with van der Waals surface area (Å²) >= 11 is 0. The van der Waals surface area contributed by atoms with Crippen LogP contribution in [0.3, 0.4) is 0 Å². The van der Waals surface area contributed by atoms with Gasteiger partial charge in [0.25, 0.3) is 0 Å². The average molecular weight is 497 g/mol. The number of ether oxygens (including phenoxy) is 1. The molecule has 1 unspecified atom stereocenters. The molecule has 2 aromatic rings. The molecule has 7 nitrogen and oxygen atoms in total. The van der Waals surface area contributed by atoms with Crippen LogP contribution in [0.1, 0.15) is 69.7 Å². The van der Waals surface area contributed by atoms with E-state index in [1.54, 1.807) is 4.90 Å². The van der Waals surface area contributed by atoms with Crippen LogP contribution in [0.5, 0.6) is 5.75 Å². The molecule has 2 atom stereocenters. The zero-order valence-corrected chi connectivity index (χ0v) is 21.4. The second-order valence-corrected chi connectivity index (χ2v) is 10.7. The first kappa shape index (κ1) is 24.8. The Kier molecular flexibility index (Phi) is 7.58. The SMILES string of the molecule is CC(C)c1noc(N2CCC(COc3ccc(C4=CCC(C(=O)N5CC[C@@H](F)C5)CC4)cc3)CC2)n1. The van der Waals surface area contributed by atoms with Crippen LogP contribution in [0.4, 0.5) is 10.4 Å². The lowest BCUT2D eigenvalue weighted by Crippen LogP contribution is -2.35. The molecular weight excluding hydrogens is 459 g/mol. The Bertz CT molecular complexity index is 1060. The maximum absolute atomic E-state index is 13.5. The third-order valence-electron chi connectivity index (χ3n) is 7.75. The lowest BCUT2D eigenvalue weighted by molar-refractivity contribution is -0.134. The molecule has 3 aliphatic rings. The molecule has 0 bridgehead atoms. The number of hydrogen-bond acceptors (Lipinski definition) is 6. The molecular formula is C28H37FN4O3. The third kappa shape index (κ3) is 5.73. The molecule has 1 aromatic carbocycles. The minimum atomic E-state index is -0.855. The molecule has 2 aliphatic heterocycles. The van der Waals surface area contributed by atoms with Gasteiger partial charge in [-0.25, -0.2) is 4.39 Å². The minimum Gasteiger partial charge on any atom is -0.493 e. The van der Waals surface area contributed by atoms with Crippen molar-refractivity contribution in [3.63, 3.8) is 0 Å². The van der Waals surface area contributed by atoms with Crippen molar-refractivity contribution in [1.29, 1.82) is 0 Å². The first-order valence-corrected chi connectivity index (χ1v) is 13.4. The molecule has 1 amide bonds. The van der Waals surface area contributed by atoms with Gasteiger partial charge in [0.1, 0.15) is 11.9 Å². The van der Waals surface area contributed by atoms with Gasteiger partial charge >= 0.3 is 6.01 Å². The molecule has 5 rings (SSSR count). The van der Waals surface area contributed by atoms with E-state index < -0.39 is 6.17 Å². The monoisotopic (exact) mass is 496 g/mol. The standard InChI is InChI=1S/C28H37FN4O3/c1-19(2)26-30-28(36-31-26)32-14-11-20(12-15-32)18-35-25-9-7-22(8-10-25)21-3-5-23(6-4-21)27(34)33-16-13-24(29)17-33/h3,7-10,19-20,23-24H,4-6,11-18H2,1-2H3/t23?,24-/m1/s1. The van der Waals surface area contributed by atoms with Crippen molar-refractivity contribution in [2.75, 3.05) is 37.7 Å². The van der Waals surface area contributed by atoms with Gasteiger partial charge < -0.3 is 19.1 Å². The van der Waals surface area contributed by atoms with Gasteiger partial charge in [0.2, 0.25) is 5.91 Å². The summed E-state index contributed by atoms with van der Waals surface area (Å²) < 4.78 is 25.0. The maximum Gasteiger partial charge on any atom is 0.324 e. The Labute approximate surface area is 212 Å². The number of anilines is 1. The van der Waals surface area contributed by atoms with Gasteiger partial charge in [-0.1, -0.05) is 37.2 Å². The Morgan fingerprint density at radius 2 is 1.92 bits per heavy atom. The van der Waals surface area contributed by atoms with Crippen LogP contribution >= 0.6 is 0 Å². The Morgan fingerprint density at radius 1 is 1.14 bits per heavy atom. The normalized spacial score (nSPS) is 23.3. The molecule has 3 heterocycles. The number of aromatic nitrogens is 2. The smallest absolute Gasteiger partial charge is 0.324 e. The van der Waals surface area contributed by atoms with Crippen LogP contribution < -0.4 is 9.64 Å². The number of nitrogens with zero attached hydrogens (tertiary/aromatic N) is 4. The zero-order chi connectivity index (χ0) is 25.1. The summed E-state index contributed by atoms with van der Waals surface area (Å²) in [5.74, 6) is 2.53. The number of benzene rings is 1. The summed E-state index contributed by atoms with van der Waals surface area (Å²) in [6.45, 7) is 7.46. The number of halogens is 1. The maximum atomic E-state index is 13.5. The van der Waals surface area contributed by atoms with E-state index in [0.29, 0.717) is 31.5 Å². The van der Waals surface area contributed by atoms with Gasteiger partial charge in [0, 0.05) is 31.5 Å². The third-order valence-corrected chi connectivity index (χ3v) is 7.75. The quantitative estimate of drug-likeness (QED) is 0.522. The van der Waals surface area contributed by atoms with E-state index in [0.717, 1.165) is 56.8 Å². The van der Waals surface area contributed by atoms with Crippen LogP contribution in [-0.2, 0) is 4.79 Å². The summed E-state index contributed by atoms with van der Waals surface area (Å²) in [6.07, 6.45) is 6.33. The van der Waals surface area contributed by atoms with E-state index in [-0.39, 0.29) is 24.3 Å². The predicted molar refractivity (Wildman–Crippen MR) is 137 cm³/mol. The fourth-order valence-corrected chi connectivity index (χ4v) is 5.36. The van der Waals surface area contributed by atoms with Crippen molar-refractivity contribution in [2.24, 2.45) is 11.8 Å². The number of allylic oxidation sites excluding steroid dienone is 2. The van der Waals surface area contributed by atoms with Gasteiger partial charge in [0.15, 0.2) is 5.82 Å². The second-order valence-electron chi connectivity index (χ2n) is 10.7. The van der Waals surface area contributed by atoms with E-state index in [9.17, 15) is 9.18 Å². The lowest BCUT2D eigenvalue weighted by Gasteiger charge is -2.30. The van der Waals surface area contributed by atoms with Crippen LogP contribution in [0.15, 0.2) is 34.9 Å². The highest BCUT2D eigenvalue weighted by molar-refractivity contribution is 5.81. The highest BCUT2D eigenvalue weighted by Crippen LogP contribution is 2.33. The molecule has 0 spiro atoms. The summed E-state index contributed by atoms with van der Waals surface area (Å²) in [5.41, 5.74) is 2.47. The van der Waals surface area contributed by atoms with Crippen molar-refractivity contribution < 1.29 is 18.4 Å². The summed E-state index contributed by atoms with van der Waals surface area (Å²) in [6, 6.07) is 8.94. The Morgan fingerprint density at radius 3 is 2.53 bits per heavy atom. The number of amides is 1. The molecule has 194 valence electrons. The van der Waals surface area contributed by atoms with E-state index in [4.69, 9.17) is 9.26 Å². The molecule has 0 radical (unpaired) electrons. The predicted octanol–water partition coefficient (Wildman–Crippen LogP) is 5.24. The van der Waals surface area contributed by atoms with E-state index in [1.165, 1.54) is 11.1 Å². The lowest BCUT2D eigenvalue weighted by atomic mass is 9.86. The van der Waals surface area contributed by atoms with Crippen LogP contribution in [0, 0.1) is 11.8 Å². The van der Waals surface area contributed by atoms with Crippen molar-refractivity contribution in [3.8, 4) is 5.75 Å². The van der Waals surface area contributed by atoms with Crippen molar-refractivity contribution in [2.45, 2.75) is 64.5 Å². The van der Waals surface area contributed by atoms with Gasteiger partial charge in [0.05, 0.1) is 13.2 Å².